The number of fused-ring (bicyclic) bond motifs is 1. The Kier molecular flexibility index (Phi) is 5.05. The molecule has 1 aliphatic heterocycles. The minimum atomic E-state index is -0.461. The second-order valence-corrected chi connectivity index (χ2v) is 7.96. The quantitative estimate of drug-likeness (QED) is 0.448. The minimum Gasteiger partial charge on any atom is -0.336 e. The SMILES string of the molecule is Cc1cc(-c2cnc3nc(-c4cc(NC(=O)N5CCCC5)ccc4F)[nH]c3c2)ccc1F. The van der Waals surface area contributed by atoms with Crippen LogP contribution in [0.25, 0.3) is 33.7 Å². The first-order chi connectivity index (χ1) is 15.5. The Labute approximate surface area is 183 Å². The van der Waals surface area contributed by atoms with E-state index in [4.69, 9.17) is 0 Å². The largest absolute Gasteiger partial charge is 0.336 e. The van der Waals surface area contributed by atoms with Crippen LogP contribution in [0.15, 0.2) is 48.7 Å². The molecule has 3 heterocycles. The lowest BCUT2D eigenvalue weighted by atomic mass is 10.0. The highest BCUT2D eigenvalue weighted by Gasteiger charge is 2.19. The van der Waals surface area contributed by atoms with E-state index >= 15 is 0 Å². The summed E-state index contributed by atoms with van der Waals surface area (Å²) in [5.41, 5.74) is 3.97. The average Bonchev–Trinajstić information content (AvgIpc) is 3.46. The maximum absolute atomic E-state index is 14.6. The maximum atomic E-state index is 14.6. The lowest BCUT2D eigenvalue weighted by Gasteiger charge is -2.16. The van der Waals surface area contributed by atoms with E-state index in [2.05, 4.69) is 20.3 Å². The molecule has 0 unspecified atom stereocenters. The third kappa shape index (κ3) is 3.79. The van der Waals surface area contributed by atoms with Gasteiger partial charge < -0.3 is 15.2 Å². The molecule has 4 aromatic rings. The second kappa shape index (κ2) is 8.03. The fraction of sp³-hybridized carbons (Fsp3) is 0.208. The fourth-order valence-electron chi connectivity index (χ4n) is 3.92. The van der Waals surface area contributed by atoms with Gasteiger partial charge in [0.05, 0.1) is 11.1 Å². The number of imidazole rings is 1. The number of nitrogens with one attached hydrogen (secondary N) is 2. The molecule has 162 valence electrons. The van der Waals surface area contributed by atoms with Crippen molar-refractivity contribution in [2.45, 2.75) is 19.8 Å². The van der Waals surface area contributed by atoms with Gasteiger partial charge in [-0.2, -0.15) is 0 Å². The van der Waals surface area contributed by atoms with Crippen molar-refractivity contribution >= 4 is 22.9 Å². The predicted octanol–water partition coefficient (Wildman–Crippen LogP) is 5.51. The van der Waals surface area contributed by atoms with Crippen LogP contribution in [0.1, 0.15) is 18.4 Å². The summed E-state index contributed by atoms with van der Waals surface area (Å²) in [5, 5.41) is 2.83. The molecule has 32 heavy (non-hydrogen) atoms. The Hall–Kier alpha value is -3.81. The number of carbonyl (C=O) groups excluding carboxylic acids is 1. The zero-order valence-corrected chi connectivity index (χ0v) is 17.5. The molecular weight excluding hydrogens is 412 g/mol. The number of rotatable bonds is 3. The van der Waals surface area contributed by atoms with Crippen molar-refractivity contribution in [2.75, 3.05) is 18.4 Å². The van der Waals surface area contributed by atoms with Gasteiger partial charge in [-0.1, -0.05) is 6.07 Å². The van der Waals surface area contributed by atoms with E-state index in [9.17, 15) is 13.6 Å². The van der Waals surface area contributed by atoms with Crippen molar-refractivity contribution in [1.29, 1.82) is 0 Å². The average molecular weight is 433 g/mol. The highest BCUT2D eigenvalue weighted by molar-refractivity contribution is 5.90. The van der Waals surface area contributed by atoms with Gasteiger partial charge in [-0.15, -0.1) is 0 Å². The molecule has 2 aromatic carbocycles. The number of aromatic nitrogens is 3. The molecule has 0 spiro atoms. The number of aromatic amines is 1. The van der Waals surface area contributed by atoms with Crippen molar-refractivity contribution < 1.29 is 13.6 Å². The number of carbonyl (C=O) groups is 1. The molecular formula is C24H21F2N5O. The molecule has 1 fully saturated rings. The van der Waals surface area contributed by atoms with Crippen LogP contribution in [0.5, 0.6) is 0 Å². The third-order valence-electron chi connectivity index (χ3n) is 5.69. The van der Waals surface area contributed by atoms with Crippen LogP contribution in [0.3, 0.4) is 0 Å². The van der Waals surface area contributed by atoms with E-state index in [1.165, 1.54) is 18.2 Å². The van der Waals surface area contributed by atoms with E-state index in [0.717, 1.165) is 37.1 Å². The highest BCUT2D eigenvalue weighted by Crippen LogP contribution is 2.28. The number of benzene rings is 2. The summed E-state index contributed by atoms with van der Waals surface area (Å²) >= 11 is 0. The van der Waals surface area contributed by atoms with E-state index < -0.39 is 5.82 Å². The van der Waals surface area contributed by atoms with E-state index in [-0.39, 0.29) is 17.4 Å². The van der Waals surface area contributed by atoms with Crippen molar-refractivity contribution in [1.82, 2.24) is 19.9 Å². The van der Waals surface area contributed by atoms with Crippen LogP contribution >= 0.6 is 0 Å². The molecule has 0 radical (unpaired) electrons. The summed E-state index contributed by atoms with van der Waals surface area (Å²) in [7, 11) is 0. The Bertz CT molecular complexity index is 1330. The number of urea groups is 1. The van der Waals surface area contributed by atoms with Gasteiger partial charge in [0, 0.05) is 30.5 Å². The van der Waals surface area contributed by atoms with Crippen LogP contribution < -0.4 is 5.32 Å². The van der Waals surface area contributed by atoms with Gasteiger partial charge in [-0.05, 0) is 67.3 Å². The lowest BCUT2D eigenvalue weighted by molar-refractivity contribution is 0.222. The fourth-order valence-corrected chi connectivity index (χ4v) is 3.92. The summed E-state index contributed by atoms with van der Waals surface area (Å²) in [4.78, 5) is 26.0. The first kappa shape index (κ1) is 20.1. The lowest BCUT2D eigenvalue weighted by Crippen LogP contribution is -2.32. The normalized spacial score (nSPS) is 13.7. The van der Waals surface area contributed by atoms with Gasteiger partial charge in [0.2, 0.25) is 0 Å². The topological polar surface area (TPSA) is 73.9 Å². The van der Waals surface area contributed by atoms with Crippen molar-refractivity contribution in [3.8, 4) is 22.5 Å². The molecule has 1 saturated heterocycles. The molecule has 1 aliphatic rings. The smallest absolute Gasteiger partial charge is 0.321 e. The highest BCUT2D eigenvalue weighted by atomic mass is 19.1. The molecule has 0 atom stereocenters. The molecule has 2 aromatic heterocycles. The molecule has 2 amide bonds. The van der Waals surface area contributed by atoms with Crippen molar-refractivity contribution in [2.24, 2.45) is 0 Å². The van der Waals surface area contributed by atoms with Crippen LogP contribution in [0, 0.1) is 18.6 Å². The summed E-state index contributed by atoms with van der Waals surface area (Å²) < 4.78 is 28.2. The Morgan fingerprint density at radius 2 is 1.81 bits per heavy atom. The van der Waals surface area contributed by atoms with Crippen LogP contribution in [-0.2, 0) is 0 Å². The van der Waals surface area contributed by atoms with Gasteiger partial charge in [-0.3, -0.25) is 0 Å². The molecule has 0 saturated carbocycles. The first-order valence-corrected chi connectivity index (χ1v) is 10.5. The minimum absolute atomic E-state index is 0.189. The number of anilines is 1. The Morgan fingerprint density at radius 3 is 2.59 bits per heavy atom. The van der Waals surface area contributed by atoms with Gasteiger partial charge in [0.15, 0.2) is 5.65 Å². The van der Waals surface area contributed by atoms with Gasteiger partial charge in [0.1, 0.15) is 17.5 Å². The van der Waals surface area contributed by atoms with Gasteiger partial charge in [0.25, 0.3) is 0 Å². The number of amides is 2. The Balaban J connectivity index is 1.46. The third-order valence-corrected chi connectivity index (χ3v) is 5.69. The molecule has 8 heteroatoms. The molecule has 0 aliphatic carbocycles. The van der Waals surface area contributed by atoms with Gasteiger partial charge >= 0.3 is 6.03 Å². The van der Waals surface area contributed by atoms with Crippen LogP contribution in [0.4, 0.5) is 19.3 Å². The number of hydrogen-bond donors (Lipinski definition) is 2. The predicted molar refractivity (Wildman–Crippen MR) is 119 cm³/mol. The molecule has 2 N–H and O–H groups in total. The zero-order valence-electron chi connectivity index (χ0n) is 17.5. The van der Waals surface area contributed by atoms with Gasteiger partial charge in [-0.25, -0.2) is 23.5 Å². The molecule has 0 bridgehead atoms. The van der Waals surface area contributed by atoms with Crippen molar-refractivity contribution in [3.05, 3.63) is 65.9 Å². The summed E-state index contributed by atoms with van der Waals surface area (Å²) in [5.74, 6) is -0.411. The number of likely N-dealkylation sites (tertiary alicyclic amines) is 1. The molecule has 6 nitrogen and oxygen atoms in total. The first-order valence-electron chi connectivity index (χ1n) is 10.5. The molecule has 5 rings (SSSR count). The van der Waals surface area contributed by atoms with Crippen molar-refractivity contribution in [3.63, 3.8) is 0 Å². The van der Waals surface area contributed by atoms with Crippen LogP contribution in [0.2, 0.25) is 0 Å². The second-order valence-electron chi connectivity index (χ2n) is 7.96. The van der Waals surface area contributed by atoms with E-state index in [1.807, 2.05) is 6.07 Å². The number of aryl methyl sites for hydroxylation is 1. The zero-order chi connectivity index (χ0) is 22.2. The number of halogens is 2. The number of nitrogens with zero attached hydrogens (tertiary/aromatic N) is 3. The standard InChI is InChI=1S/C24H21F2N5O/c1-14-10-15(4-6-19(14)25)16-11-21-23(27-13-16)30-22(29-21)18-12-17(5-7-20(18)26)28-24(32)31-8-2-3-9-31/h4-7,10-13H,2-3,8-9H2,1H3,(H,28,32)(H,27,29,30). The number of H-pyrrole nitrogens is 1. The number of hydrogen-bond acceptors (Lipinski definition) is 3. The summed E-state index contributed by atoms with van der Waals surface area (Å²) in [6.07, 6.45) is 3.64. The monoisotopic (exact) mass is 433 g/mol. The van der Waals surface area contributed by atoms with E-state index in [1.54, 1.807) is 36.2 Å². The maximum Gasteiger partial charge on any atom is 0.321 e. The Morgan fingerprint density at radius 1 is 1.03 bits per heavy atom. The van der Waals surface area contributed by atoms with Crippen LogP contribution in [-0.4, -0.2) is 39.0 Å². The summed E-state index contributed by atoms with van der Waals surface area (Å²) in [6.45, 7) is 3.16. The summed E-state index contributed by atoms with van der Waals surface area (Å²) in [6, 6.07) is 10.9. The van der Waals surface area contributed by atoms with E-state index in [0.29, 0.717) is 28.2 Å². The number of pyridine rings is 1.